The normalized spacial score (nSPS) is 13.1. The molecule has 94 valence electrons. The molecule has 1 atom stereocenters. The molecule has 0 aromatic rings. The average molecular weight is 229 g/mol. The van der Waals surface area contributed by atoms with Crippen molar-refractivity contribution in [3.63, 3.8) is 0 Å². The number of carbonyl (C=O) groups is 2. The zero-order valence-corrected chi connectivity index (χ0v) is 11.0. The second-order valence-electron chi connectivity index (χ2n) is 4.58. The molecule has 0 saturated heterocycles. The molecule has 0 bridgehead atoms. The van der Waals surface area contributed by atoms with E-state index in [2.05, 4.69) is 10.6 Å². The lowest BCUT2D eigenvalue weighted by Gasteiger charge is -2.30. The third-order valence-electron chi connectivity index (χ3n) is 2.75. The van der Waals surface area contributed by atoms with Gasteiger partial charge in [0.1, 0.15) is 0 Å². The van der Waals surface area contributed by atoms with Crippen LogP contribution in [0.25, 0.3) is 0 Å². The first-order chi connectivity index (χ1) is 7.26. The molecule has 0 radical (unpaired) electrons. The molecule has 0 fully saturated rings. The molecule has 0 rings (SSSR count). The van der Waals surface area contributed by atoms with Crippen molar-refractivity contribution in [2.24, 2.45) is 5.92 Å². The standard InChI is InChI=1S/C11H23N3O2/c1-8(9(15)12-4)7-14(6)10(16)11(2,3)13-5/h8,13H,7H2,1-6H3,(H,12,15). The van der Waals surface area contributed by atoms with Crippen LogP contribution in [0.3, 0.4) is 0 Å². The Bertz CT molecular complexity index is 264. The van der Waals surface area contributed by atoms with E-state index in [4.69, 9.17) is 0 Å². The molecule has 2 N–H and O–H groups in total. The molecule has 16 heavy (non-hydrogen) atoms. The molecular formula is C11H23N3O2. The Morgan fingerprint density at radius 1 is 1.31 bits per heavy atom. The molecule has 0 saturated carbocycles. The predicted octanol–water partition coefficient (Wildman–Crippen LogP) is -0.175. The summed E-state index contributed by atoms with van der Waals surface area (Å²) in [5, 5.41) is 5.52. The molecule has 0 aliphatic heterocycles. The van der Waals surface area contributed by atoms with Crippen molar-refractivity contribution >= 4 is 11.8 Å². The number of hydrogen-bond donors (Lipinski definition) is 2. The van der Waals surface area contributed by atoms with Crippen molar-refractivity contribution in [3.8, 4) is 0 Å². The number of likely N-dealkylation sites (N-methyl/N-ethyl adjacent to an activating group) is 2. The first-order valence-corrected chi connectivity index (χ1v) is 5.42. The van der Waals surface area contributed by atoms with Gasteiger partial charge in [-0.2, -0.15) is 0 Å². The second-order valence-corrected chi connectivity index (χ2v) is 4.58. The van der Waals surface area contributed by atoms with Gasteiger partial charge >= 0.3 is 0 Å². The Morgan fingerprint density at radius 2 is 1.81 bits per heavy atom. The highest BCUT2D eigenvalue weighted by molar-refractivity contribution is 5.86. The van der Waals surface area contributed by atoms with Gasteiger partial charge in [0.2, 0.25) is 11.8 Å². The van der Waals surface area contributed by atoms with Gasteiger partial charge < -0.3 is 15.5 Å². The summed E-state index contributed by atoms with van der Waals surface area (Å²) in [6.07, 6.45) is 0. The number of nitrogens with zero attached hydrogens (tertiary/aromatic N) is 1. The Balaban J connectivity index is 4.42. The van der Waals surface area contributed by atoms with E-state index in [1.54, 1.807) is 33.0 Å². The molecule has 5 nitrogen and oxygen atoms in total. The van der Waals surface area contributed by atoms with Gasteiger partial charge in [-0.15, -0.1) is 0 Å². The number of carbonyl (C=O) groups excluding carboxylic acids is 2. The average Bonchev–Trinajstić information content (AvgIpc) is 2.26. The largest absolute Gasteiger partial charge is 0.359 e. The minimum Gasteiger partial charge on any atom is -0.359 e. The van der Waals surface area contributed by atoms with Gasteiger partial charge in [-0.25, -0.2) is 0 Å². The summed E-state index contributed by atoms with van der Waals surface area (Å²) in [4.78, 5) is 24.9. The zero-order chi connectivity index (χ0) is 12.9. The highest BCUT2D eigenvalue weighted by Crippen LogP contribution is 2.08. The molecule has 0 aliphatic carbocycles. The van der Waals surface area contributed by atoms with E-state index >= 15 is 0 Å². The quantitative estimate of drug-likeness (QED) is 0.688. The fourth-order valence-corrected chi connectivity index (χ4v) is 1.41. The Kier molecular flexibility index (Phi) is 5.44. The molecule has 0 heterocycles. The van der Waals surface area contributed by atoms with Gasteiger partial charge in [-0.3, -0.25) is 9.59 Å². The summed E-state index contributed by atoms with van der Waals surface area (Å²) < 4.78 is 0. The van der Waals surface area contributed by atoms with Crippen LogP contribution in [0.4, 0.5) is 0 Å². The fourth-order valence-electron chi connectivity index (χ4n) is 1.41. The molecule has 0 spiro atoms. The Morgan fingerprint density at radius 3 is 2.19 bits per heavy atom. The van der Waals surface area contributed by atoms with Gasteiger partial charge in [-0.1, -0.05) is 6.92 Å². The predicted molar refractivity (Wildman–Crippen MR) is 64.0 cm³/mol. The highest BCUT2D eigenvalue weighted by atomic mass is 16.2. The first-order valence-electron chi connectivity index (χ1n) is 5.42. The van der Waals surface area contributed by atoms with Crippen LogP contribution in [-0.2, 0) is 9.59 Å². The van der Waals surface area contributed by atoms with E-state index < -0.39 is 5.54 Å². The third kappa shape index (κ3) is 3.81. The van der Waals surface area contributed by atoms with Crippen molar-refractivity contribution in [1.29, 1.82) is 0 Å². The van der Waals surface area contributed by atoms with Gasteiger partial charge in [0.25, 0.3) is 0 Å². The van der Waals surface area contributed by atoms with Crippen LogP contribution in [0.2, 0.25) is 0 Å². The lowest BCUT2D eigenvalue weighted by molar-refractivity contribution is -0.137. The first kappa shape index (κ1) is 14.9. The van der Waals surface area contributed by atoms with Gasteiger partial charge in [0.15, 0.2) is 0 Å². The summed E-state index contributed by atoms with van der Waals surface area (Å²) in [6, 6.07) is 0. The van der Waals surface area contributed by atoms with E-state index in [0.29, 0.717) is 6.54 Å². The number of amides is 2. The fraction of sp³-hybridized carbons (Fsp3) is 0.818. The number of nitrogens with one attached hydrogen (secondary N) is 2. The van der Waals surface area contributed by atoms with Crippen LogP contribution in [0, 0.1) is 5.92 Å². The highest BCUT2D eigenvalue weighted by Gasteiger charge is 2.29. The summed E-state index contributed by atoms with van der Waals surface area (Å²) in [7, 11) is 5.05. The van der Waals surface area contributed by atoms with Gasteiger partial charge in [0, 0.05) is 20.6 Å². The Hall–Kier alpha value is -1.10. The SMILES string of the molecule is CNC(=O)C(C)CN(C)C(=O)C(C)(C)NC. The summed E-state index contributed by atoms with van der Waals surface area (Å²) in [5.41, 5.74) is -0.600. The maximum atomic E-state index is 12.0. The second kappa shape index (κ2) is 5.84. The molecule has 1 unspecified atom stereocenters. The minimum atomic E-state index is -0.600. The monoisotopic (exact) mass is 229 g/mol. The zero-order valence-electron chi connectivity index (χ0n) is 11.0. The Labute approximate surface area is 97.6 Å². The maximum absolute atomic E-state index is 12.0. The van der Waals surface area contributed by atoms with Crippen molar-refractivity contribution in [2.75, 3.05) is 27.7 Å². The topological polar surface area (TPSA) is 61.4 Å². The molecule has 0 aromatic carbocycles. The van der Waals surface area contributed by atoms with Crippen LogP contribution in [-0.4, -0.2) is 49.9 Å². The van der Waals surface area contributed by atoms with Crippen molar-refractivity contribution < 1.29 is 9.59 Å². The van der Waals surface area contributed by atoms with Crippen LogP contribution in [0.5, 0.6) is 0 Å². The maximum Gasteiger partial charge on any atom is 0.242 e. The van der Waals surface area contributed by atoms with Crippen molar-refractivity contribution in [2.45, 2.75) is 26.3 Å². The smallest absolute Gasteiger partial charge is 0.242 e. The molecule has 0 aromatic heterocycles. The van der Waals surface area contributed by atoms with E-state index in [1.807, 2.05) is 13.8 Å². The molecule has 2 amide bonds. The lowest BCUT2D eigenvalue weighted by atomic mass is 10.0. The molecule has 5 heteroatoms. The molecular weight excluding hydrogens is 206 g/mol. The lowest BCUT2D eigenvalue weighted by Crippen LogP contribution is -2.53. The molecule has 0 aliphatic rings. The van der Waals surface area contributed by atoms with Crippen LogP contribution in [0.15, 0.2) is 0 Å². The van der Waals surface area contributed by atoms with E-state index in [1.165, 1.54) is 0 Å². The van der Waals surface area contributed by atoms with Crippen LogP contribution < -0.4 is 10.6 Å². The van der Waals surface area contributed by atoms with Gasteiger partial charge in [-0.05, 0) is 20.9 Å². The number of rotatable bonds is 5. The van der Waals surface area contributed by atoms with Crippen molar-refractivity contribution in [1.82, 2.24) is 15.5 Å². The van der Waals surface area contributed by atoms with Crippen LogP contribution >= 0.6 is 0 Å². The van der Waals surface area contributed by atoms with Gasteiger partial charge in [0.05, 0.1) is 11.5 Å². The van der Waals surface area contributed by atoms with Crippen LogP contribution in [0.1, 0.15) is 20.8 Å². The summed E-state index contributed by atoms with van der Waals surface area (Å²) >= 11 is 0. The minimum absolute atomic E-state index is 0.0225. The summed E-state index contributed by atoms with van der Waals surface area (Å²) in [6.45, 7) is 5.85. The number of hydrogen-bond acceptors (Lipinski definition) is 3. The van der Waals surface area contributed by atoms with E-state index in [9.17, 15) is 9.59 Å². The third-order valence-corrected chi connectivity index (χ3v) is 2.75. The van der Waals surface area contributed by atoms with E-state index in [0.717, 1.165) is 0 Å². The van der Waals surface area contributed by atoms with Crippen molar-refractivity contribution in [3.05, 3.63) is 0 Å². The summed E-state index contributed by atoms with van der Waals surface area (Å²) in [5.74, 6) is -0.278. The van der Waals surface area contributed by atoms with E-state index in [-0.39, 0.29) is 17.7 Å².